The lowest BCUT2D eigenvalue weighted by Gasteiger charge is -2.38. The van der Waals surface area contributed by atoms with E-state index in [2.05, 4.69) is 5.32 Å². The molecule has 0 rings (SSSR count). The Balaban J connectivity index is 4.02. The fourth-order valence-electron chi connectivity index (χ4n) is 1.05. The number of hydrogen-bond donors (Lipinski definition) is 2. The van der Waals surface area contributed by atoms with E-state index in [1.165, 1.54) is 0 Å². The van der Waals surface area contributed by atoms with Gasteiger partial charge >= 0.3 is 0 Å². The van der Waals surface area contributed by atoms with Gasteiger partial charge < -0.3 is 10.4 Å². The summed E-state index contributed by atoms with van der Waals surface area (Å²) < 4.78 is 22.5. The third-order valence-corrected chi connectivity index (χ3v) is 4.96. The molecule has 0 bridgehead atoms. The maximum Gasteiger partial charge on any atom is 0.150 e. The fraction of sp³-hybridized carbons (Fsp3) is 1.00. The second kappa shape index (κ2) is 5.47. The zero-order valence-corrected chi connectivity index (χ0v) is 11.8. The van der Waals surface area contributed by atoms with Crippen molar-refractivity contribution in [3.05, 3.63) is 0 Å². The van der Waals surface area contributed by atoms with Crippen LogP contribution in [0, 0.1) is 0 Å². The Bertz CT molecular complexity index is 302. The van der Waals surface area contributed by atoms with Crippen molar-refractivity contribution in [1.29, 1.82) is 0 Å². The Labute approximate surface area is 99.4 Å². The van der Waals surface area contributed by atoms with Crippen molar-refractivity contribution in [3.8, 4) is 0 Å². The van der Waals surface area contributed by atoms with Crippen molar-refractivity contribution in [2.75, 3.05) is 18.1 Å². The molecular weight excluding hydrogens is 226 g/mol. The first-order valence-corrected chi connectivity index (χ1v) is 7.52. The molecular formula is C11H25NO3S. The number of rotatable bonds is 7. The highest BCUT2D eigenvalue weighted by molar-refractivity contribution is 7.91. The van der Waals surface area contributed by atoms with Gasteiger partial charge in [-0.15, -0.1) is 0 Å². The first-order valence-electron chi connectivity index (χ1n) is 5.69. The fourth-order valence-corrected chi connectivity index (χ4v) is 1.93. The van der Waals surface area contributed by atoms with Crippen molar-refractivity contribution in [2.24, 2.45) is 0 Å². The first-order chi connectivity index (χ1) is 7.02. The third kappa shape index (κ3) is 5.27. The van der Waals surface area contributed by atoms with E-state index in [-0.39, 0.29) is 11.5 Å². The summed E-state index contributed by atoms with van der Waals surface area (Å²) in [5.41, 5.74) is -1.26. The van der Waals surface area contributed by atoms with Gasteiger partial charge in [-0.1, -0.05) is 6.92 Å². The smallest absolute Gasteiger partial charge is 0.150 e. The molecule has 0 aliphatic carbocycles. The van der Waals surface area contributed by atoms with Crippen molar-refractivity contribution in [1.82, 2.24) is 5.32 Å². The lowest BCUT2D eigenvalue weighted by Crippen LogP contribution is -2.56. The van der Waals surface area contributed by atoms with Crippen molar-refractivity contribution < 1.29 is 13.5 Å². The molecule has 2 N–H and O–H groups in total. The van der Waals surface area contributed by atoms with Crippen molar-refractivity contribution in [3.63, 3.8) is 0 Å². The summed E-state index contributed by atoms with van der Waals surface area (Å²) in [7, 11) is -2.88. The highest BCUT2D eigenvalue weighted by Crippen LogP contribution is 2.20. The van der Waals surface area contributed by atoms with Crippen molar-refractivity contribution in [2.45, 2.75) is 52.2 Å². The molecule has 0 aromatic heterocycles. The van der Waals surface area contributed by atoms with E-state index < -0.39 is 21.0 Å². The van der Waals surface area contributed by atoms with Gasteiger partial charge in [0.1, 0.15) is 9.84 Å². The molecule has 16 heavy (non-hydrogen) atoms. The summed E-state index contributed by atoms with van der Waals surface area (Å²) in [5.74, 6) is 0.403. The highest BCUT2D eigenvalue weighted by atomic mass is 32.2. The maximum atomic E-state index is 11.2. The zero-order chi connectivity index (χ0) is 13.0. The van der Waals surface area contributed by atoms with Gasteiger partial charge in [-0.2, -0.15) is 0 Å². The second-order valence-electron chi connectivity index (χ2n) is 5.20. The number of aliphatic hydroxyl groups is 1. The lowest BCUT2D eigenvalue weighted by molar-refractivity contribution is -0.00417. The predicted molar refractivity (Wildman–Crippen MR) is 67.3 cm³/mol. The minimum absolute atomic E-state index is 0.196. The van der Waals surface area contributed by atoms with Crippen LogP contribution in [0.3, 0.4) is 0 Å². The molecule has 0 spiro atoms. The van der Waals surface area contributed by atoms with Crippen molar-refractivity contribution >= 4 is 9.84 Å². The summed E-state index contributed by atoms with van der Waals surface area (Å²) >= 11 is 0. The van der Waals surface area contributed by atoms with E-state index in [0.29, 0.717) is 13.0 Å². The molecule has 4 nitrogen and oxygen atoms in total. The Morgan fingerprint density at radius 1 is 1.19 bits per heavy atom. The van der Waals surface area contributed by atoms with Gasteiger partial charge in [-0.25, -0.2) is 8.42 Å². The predicted octanol–water partition coefficient (Wildman–Crippen LogP) is 0.950. The lowest BCUT2D eigenvalue weighted by atomic mass is 9.86. The van der Waals surface area contributed by atoms with E-state index in [0.717, 1.165) is 0 Å². The van der Waals surface area contributed by atoms with E-state index in [1.54, 1.807) is 20.8 Å². The molecule has 98 valence electrons. The van der Waals surface area contributed by atoms with E-state index in [4.69, 9.17) is 0 Å². The summed E-state index contributed by atoms with van der Waals surface area (Å²) in [4.78, 5) is 0. The van der Waals surface area contributed by atoms with Gasteiger partial charge in [0.05, 0.1) is 11.4 Å². The Morgan fingerprint density at radius 2 is 1.69 bits per heavy atom. The minimum atomic E-state index is -2.88. The molecule has 0 radical (unpaired) electrons. The van der Waals surface area contributed by atoms with Crippen LogP contribution < -0.4 is 5.32 Å². The molecule has 0 saturated heterocycles. The number of nitrogens with one attached hydrogen (secondary N) is 1. The maximum absolute atomic E-state index is 11.2. The topological polar surface area (TPSA) is 66.4 Å². The van der Waals surface area contributed by atoms with E-state index in [9.17, 15) is 13.5 Å². The summed E-state index contributed by atoms with van der Waals surface area (Å²) in [6, 6.07) is 0. The normalized spacial score (nSPS) is 14.1. The quantitative estimate of drug-likeness (QED) is 0.661. The molecule has 0 aliphatic heterocycles. The van der Waals surface area contributed by atoms with Gasteiger partial charge in [0.2, 0.25) is 0 Å². The molecule has 0 amide bonds. The Hall–Kier alpha value is -0.130. The molecule has 0 aliphatic rings. The molecule has 0 saturated carbocycles. The largest absolute Gasteiger partial charge is 0.389 e. The molecule has 0 aromatic rings. The SMILES string of the molecule is CCS(=O)(=O)CCCNC(C)(C)C(C)(C)O. The standard InChI is InChI=1S/C11H25NO3S/c1-6-16(14,15)9-7-8-12-10(2,3)11(4,5)13/h12-13H,6-9H2,1-5H3. The monoisotopic (exact) mass is 251 g/mol. The van der Waals surface area contributed by atoms with Gasteiger partial charge in [0, 0.05) is 11.3 Å². The average Bonchev–Trinajstić information content (AvgIpc) is 2.11. The third-order valence-electron chi connectivity index (χ3n) is 3.17. The minimum Gasteiger partial charge on any atom is -0.389 e. The summed E-state index contributed by atoms with van der Waals surface area (Å²) in [6.45, 7) is 9.54. The van der Waals surface area contributed by atoms with Crippen LogP contribution in [-0.4, -0.2) is 42.7 Å². The number of sulfone groups is 1. The van der Waals surface area contributed by atoms with Crippen LogP contribution in [0.15, 0.2) is 0 Å². The second-order valence-corrected chi connectivity index (χ2v) is 7.67. The van der Waals surface area contributed by atoms with Gasteiger partial charge in [0.25, 0.3) is 0 Å². The Morgan fingerprint density at radius 3 is 2.06 bits per heavy atom. The Kier molecular flexibility index (Phi) is 5.42. The van der Waals surface area contributed by atoms with Crippen LogP contribution >= 0.6 is 0 Å². The van der Waals surface area contributed by atoms with Gasteiger partial charge in [-0.05, 0) is 40.7 Å². The molecule has 0 aromatic carbocycles. The summed E-state index contributed by atoms with van der Waals surface area (Å²) in [6.07, 6.45) is 0.579. The van der Waals surface area contributed by atoms with E-state index >= 15 is 0 Å². The van der Waals surface area contributed by atoms with Gasteiger partial charge in [0.15, 0.2) is 0 Å². The van der Waals surface area contributed by atoms with Crippen LogP contribution in [0.5, 0.6) is 0 Å². The molecule has 0 heterocycles. The average molecular weight is 251 g/mol. The first kappa shape index (κ1) is 15.9. The van der Waals surface area contributed by atoms with Gasteiger partial charge in [-0.3, -0.25) is 0 Å². The van der Waals surface area contributed by atoms with Crippen LogP contribution in [0.2, 0.25) is 0 Å². The van der Waals surface area contributed by atoms with Crippen LogP contribution in [0.1, 0.15) is 41.0 Å². The van der Waals surface area contributed by atoms with Crippen LogP contribution in [0.4, 0.5) is 0 Å². The molecule has 0 unspecified atom stereocenters. The molecule has 0 atom stereocenters. The molecule has 5 heteroatoms. The van der Waals surface area contributed by atoms with Crippen LogP contribution in [0.25, 0.3) is 0 Å². The number of hydrogen-bond acceptors (Lipinski definition) is 4. The van der Waals surface area contributed by atoms with E-state index in [1.807, 2.05) is 13.8 Å². The summed E-state index contributed by atoms with van der Waals surface area (Å²) in [5, 5.41) is 13.1. The highest BCUT2D eigenvalue weighted by Gasteiger charge is 2.34. The van der Waals surface area contributed by atoms with Crippen LogP contribution in [-0.2, 0) is 9.84 Å². The molecule has 0 fully saturated rings. The zero-order valence-electron chi connectivity index (χ0n) is 11.0.